The summed E-state index contributed by atoms with van der Waals surface area (Å²) < 4.78 is 32.6. The van der Waals surface area contributed by atoms with Gasteiger partial charge in [-0.1, -0.05) is 6.07 Å². The molecule has 2 unspecified atom stereocenters. The largest absolute Gasteiger partial charge is 0.375 e. The molecule has 8 heteroatoms. The van der Waals surface area contributed by atoms with E-state index in [1.54, 1.807) is 17.5 Å². The third-order valence-electron chi connectivity index (χ3n) is 4.38. The summed E-state index contributed by atoms with van der Waals surface area (Å²) >= 11 is 1.22. The highest BCUT2D eigenvalue weighted by Crippen LogP contribution is 2.27. The van der Waals surface area contributed by atoms with Crippen molar-refractivity contribution >= 4 is 27.3 Å². The number of hydrogen-bond acceptors (Lipinski definition) is 5. The van der Waals surface area contributed by atoms with E-state index in [-0.39, 0.29) is 24.5 Å². The Hall–Kier alpha value is -0.960. The van der Waals surface area contributed by atoms with E-state index in [0.29, 0.717) is 30.5 Å². The number of carbonyl (C=O) groups is 1. The summed E-state index contributed by atoms with van der Waals surface area (Å²) in [7, 11) is -3.47. The van der Waals surface area contributed by atoms with Gasteiger partial charge in [0.05, 0.1) is 18.6 Å². The quantitative estimate of drug-likeness (QED) is 0.819. The normalized spacial score (nSPS) is 27.1. The first kappa shape index (κ1) is 16.9. The molecule has 0 aromatic carbocycles. The molecule has 0 aliphatic carbocycles. The molecule has 3 rings (SSSR count). The van der Waals surface area contributed by atoms with Crippen LogP contribution in [0.15, 0.2) is 21.7 Å². The third-order valence-corrected chi connectivity index (χ3v) is 7.61. The Labute approximate surface area is 141 Å². The second kappa shape index (κ2) is 6.88. The van der Waals surface area contributed by atoms with Crippen molar-refractivity contribution in [1.82, 2.24) is 9.21 Å². The van der Waals surface area contributed by atoms with Gasteiger partial charge < -0.3 is 9.64 Å². The number of morpholine rings is 1. The lowest BCUT2D eigenvalue weighted by Gasteiger charge is -2.37. The van der Waals surface area contributed by atoms with E-state index in [0.717, 1.165) is 12.8 Å². The highest BCUT2D eigenvalue weighted by molar-refractivity contribution is 7.91. The number of ether oxygens (including phenoxy) is 1. The molecule has 0 radical (unpaired) electrons. The molecule has 2 saturated heterocycles. The SMILES string of the molecule is CC1CN(C(=O)C2CCCN(S(=O)(=O)c3cccs3)C2)CCO1. The highest BCUT2D eigenvalue weighted by atomic mass is 32.2. The van der Waals surface area contributed by atoms with Crippen molar-refractivity contribution in [3.05, 3.63) is 17.5 Å². The Morgan fingerprint density at radius 1 is 1.35 bits per heavy atom. The van der Waals surface area contributed by atoms with Crippen LogP contribution < -0.4 is 0 Å². The van der Waals surface area contributed by atoms with Gasteiger partial charge in [0.1, 0.15) is 4.21 Å². The van der Waals surface area contributed by atoms with Gasteiger partial charge in [-0.25, -0.2) is 8.42 Å². The lowest BCUT2D eigenvalue weighted by molar-refractivity contribution is -0.143. The van der Waals surface area contributed by atoms with Crippen molar-refractivity contribution in [2.75, 3.05) is 32.8 Å². The zero-order valence-corrected chi connectivity index (χ0v) is 14.8. The Balaban J connectivity index is 1.70. The molecule has 128 valence electrons. The van der Waals surface area contributed by atoms with Crippen molar-refractivity contribution in [2.45, 2.75) is 30.1 Å². The van der Waals surface area contributed by atoms with E-state index in [4.69, 9.17) is 4.74 Å². The van der Waals surface area contributed by atoms with Crippen LogP contribution in [0.1, 0.15) is 19.8 Å². The Kier molecular flexibility index (Phi) is 5.05. The molecule has 1 aromatic heterocycles. The molecule has 23 heavy (non-hydrogen) atoms. The molecule has 0 spiro atoms. The van der Waals surface area contributed by atoms with Crippen molar-refractivity contribution < 1.29 is 17.9 Å². The molecule has 2 aliphatic rings. The van der Waals surface area contributed by atoms with Gasteiger partial charge in [0.25, 0.3) is 10.0 Å². The maximum Gasteiger partial charge on any atom is 0.252 e. The molecule has 0 saturated carbocycles. The predicted octanol–water partition coefficient (Wildman–Crippen LogP) is 1.40. The second-order valence-electron chi connectivity index (χ2n) is 6.10. The maximum absolute atomic E-state index is 12.7. The first-order valence-corrected chi connectivity index (χ1v) is 10.2. The summed E-state index contributed by atoms with van der Waals surface area (Å²) in [4.78, 5) is 14.5. The summed E-state index contributed by atoms with van der Waals surface area (Å²) in [6.45, 7) is 4.46. The molecule has 2 fully saturated rings. The van der Waals surface area contributed by atoms with Crippen molar-refractivity contribution in [3.63, 3.8) is 0 Å². The minimum Gasteiger partial charge on any atom is -0.375 e. The Morgan fingerprint density at radius 2 is 2.17 bits per heavy atom. The van der Waals surface area contributed by atoms with Gasteiger partial charge in [-0.15, -0.1) is 11.3 Å². The number of amides is 1. The number of carbonyl (C=O) groups excluding carboxylic acids is 1. The van der Waals surface area contributed by atoms with Crippen LogP contribution in [0.5, 0.6) is 0 Å². The third kappa shape index (κ3) is 3.60. The number of hydrogen-bond donors (Lipinski definition) is 0. The van der Waals surface area contributed by atoms with E-state index in [1.807, 2.05) is 11.8 Å². The summed E-state index contributed by atoms with van der Waals surface area (Å²) in [5.74, 6) is -0.185. The number of rotatable bonds is 3. The van der Waals surface area contributed by atoms with Gasteiger partial charge >= 0.3 is 0 Å². The van der Waals surface area contributed by atoms with Gasteiger partial charge in [0, 0.05) is 26.2 Å². The molecular weight excluding hydrogens is 336 g/mol. The molecule has 1 aromatic rings. The monoisotopic (exact) mass is 358 g/mol. The smallest absolute Gasteiger partial charge is 0.252 e. The van der Waals surface area contributed by atoms with Crippen molar-refractivity contribution in [2.24, 2.45) is 5.92 Å². The summed E-state index contributed by atoms with van der Waals surface area (Å²) in [5.41, 5.74) is 0. The van der Waals surface area contributed by atoms with Crippen LogP contribution in [-0.4, -0.2) is 62.4 Å². The average molecular weight is 358 g/mol. The minimum absolute atomic E-state index is 0.0437. The molecule has 2 aliphatic heterocycles. The van der Waals surface area contributed by atoms with E-state index in [2.05, 4.69) is 0 Å². The lowest BCUT2D eigenvalue weighted by Crippen LogP contribution is -2.51. The number of piperidine rings is 1. The standard InChI is InChI=1S/C15H22N2O4S2/c1-12-10-16(7-8-21-12)15(18)13-4-2-6-17(11-13)23(19,20)14-5-3-9-22-14/h3,5,9,12-13H,2,4,6-8,10-11H2,1H3. The molecule has 0 N–H and O–H groups in total. The van der Waals surface area contributed by atoms with Crippen LogP contribution in [-0.2, 0) is 19.6 Å². The van der Waals surface area contributed by atoms with Crippen molar-refractivity contribution in [3.8, 4) is 0 Å². The van der Waals surface area contributed by atoms with Gasteiger partial charge in [0.2, 0.25) is 5.91 Å². The van der Waals surface area contributed by atoms with Gasteiger partial charge in [-0.3, -0.25) is 4.79 Å². The second-order valence-corrected chi connectivity index (χ2v) is 9.21. The van der Waals surface area contributed by atoms with Crippen molar-refractivity contribution in [1.29, 1.82) is 0 Å². The molecule has 1 amide bonds. The van der Waals surface area contributed by atoms with Gasteiger partial charge in [0.15, 0.2) is 0 Å². The first-order chi connectivity index (χ1) is 11.0. The number of thiophene rings is 1. The lowest BCUT2D eigenvalue weighted by atomic mass is 9.97. The van der Waals surface area contributed by atoms with Crippen LogP contribution in [0.2, 0.25) is 0 Å². The highest BCUT2D eigenvalue weighted by Gasteiger charge is 2.36. The summed E-state index contributed by atoms with van der Waals surface area (Å²) in [6, 6.07) is 3.36. The number of nitrogens with zero attached hydrogens (tertiary/aromatic N) is 2. The maximum atomic E-state index is 12.7. The summed E-state index contributed by atoms with van der Waals surface area (Å²) in [5, 5.41) is 1.76. The van der Waals surface area contributed by atoms with Gasteiger partial charge in [-0.05, 0) is 31.2 Å². The fourth-order valence-corrected chi connectivity index (χ4v) is 5.84. The Bertz CT molecular complexity index is 644. The average Bonchev–Trinajstić information content (AvgIpc) is 3.09. The molecule has 0 bridgehead atoms. The Morgan fingerprint density at radius 3 is 2.87 bits per heavy atom. The van der Waals surface area contributed by atoms with Crippen LogP contribution in [0, 0.1) is 5.92 Å². The predicted molar refractivity (Wildman–Crippen MR) is 87.8 cm³/mol. The topological polar surface area (TPSA) is 66.9 Å². The van der Waals surface area contributed by atoms with E-state index in [1.165, 1.54) is 15.6 Å². The fourth-order valence-electron chi connectivity index (χ4n) is 3.18. The van der Waals surface area contributed by atoms with Crippen LogP contribution in [0.25, 0.3) is 0 Å². The van der Waals surface area contributed by atoms with E-state index < -0.39 is 10.0 Å². The number of sulfonamides is 1. The molecule has 3 heterocycles. The molecular formula is C15H22N2O4S2. The minimum atomic E-state index is -3.47. The zero-order valence-electron chi connectivity index (χ0n) is 13.2. The van der Waals surface area contributed by atoms with Gasteiger partial charge in [-0.2, -0.15) is 4.31 Å². The van der Waals surface area contributed by atoms with E-state index >= 15 is 0 Å². The van der Waals surface area contributed by atoms with Crippen LogP contribution >= 0.6 is 11.3 Å². The van der Waals surface area contributed by atoms with E-state index in [9.17, 15) is 13.2 Å². The molecule has 2 atom stereocenters. The summed E-state index contributed by atoms with van der Waals surface area (Å²) in [6.07, 6.45) is 1.52. The van der Waals surface area contributed by atoms with Crippen LogP contribution in [0.3, 0.4) is 0 Å². The first-order valence-electron chi connectivity index (χ1n) is 7.92. The van der Waals surface area contributed by atoms with Crippen LogP contribution in [0.4, 0.5) is 0 Å². The molecule has 6 nitrogen and oxygen atoms in total. The zero-order chi connectivity index (χ0) is 16.4. The fraction of sp³-hybridized carbons (Fsp3) is 0.667.